The Balaban J connectivity index is 1.33. The van der Waals surface area contributed by atoms with Crippen LogP contribution in [0.2, 0.25) is 0 Å². The van der Waals surface area contributed by atoms with E-state index in [4.69, 9.17) is 4.98 Å². The van der Waals surface area contributed by atoms with Crippen LogP contribution in [0.1, 0.15) is 39.1 Å². The standard InChI is InChI=1S/C28H23N5O4/c34-23-12-11-21(26(35)31-23)33-27(36)19-10-9-18(16-20(19)28(33)37)24-25(32-15-5-4-8-22(32)30-24)29-14-13-17-6-2-1-3-7-17/h1-10,15-16,21,29H,11-14H2,(H,31,34,35). The molecule has 0 aliphatic carbocycles. The maximum Gasteiger partial charge on any atom is 0.262 e. The topological polar surface area (TPSA) is 113 Å². The van der Waals surface area contributed by atoms with Crippen molar-refractivity contribution in [2.45, 2.75) is 25.3 Å². The Labute approximate surface area is 212 Å². The number of rotatable bonds is 6. The van der Waals surface area contributed by atoms with E-state index in [1.807, 2.05) is 47.0 Å². The quantitative estimate of drug-likeness (QED) is 0.399. The Morgan fingerprint density at radius 1 is 0.919 bits per heavy atom. The summed E-state index contributed by atoms with van der Waals surface area (Å²) in [4.78, 5) is 56.1. The molecule has 184 valence electrons. The van der Waals surface area contributed by atoms with Crippen LogP contribution in [0.3, 0.4) is 0 Å². The summed E-state index contributed by atoms with van der Waals surface area (Å²) in [6.45, 7) is 0.672. The Bertz CT molecular complexity index is 1580. The van der Waals surface area contributed by atoms with Gasteiger partial charge in [-0.05, 0) is 42.7 Å². The molecule has 9 heteroatoms. The first-order valence-corrected chi connectivity index (χ1v) is 12.1. The first kappa shape index (κ1) is 22.7. The molecular formula is C28H23N5O4. The van der Waals surface area contributed by atoms with Crippen molar-refractivity contribution < 1.29 is 19.2 Å². The molecule has 2 aliphatic rings. The number of imidazole rings is 1. The van der Waals surface area contributed by atoms with E-state index in [0.29, 0.717) is 17.8 Å². The predicted molar refractivity (Wildman–Crippen MR) is 136 cm³/mol. The van der Waals surface area contributed by atoms with Gasteiger partial charge in [0.25, 0.3) is 11.8 Å². The Hall–Kier alpha value is -4.79. The minimum atomic E-state index is -1.00. The Morgan fingerprint density at radius 2 is 1.70 bits per heavy atom. The minimum Gasteiger partial charge on any atom is -0.369 e. The van der Waals surface area contributed by atoms with E-state index in [2.05, 4.69) is 22.8 Å². The average molecular weight is 494 g/mol. The molecule has 2 aromatic heterocycles. The zero-order valence-corrected chi connectivity index (χ0v) is 19.8. The smallest absolute Gasteiger partial charge is 0.262 e. The number of carbonyl (C=O) groups excluding carboxylic acids is 4. The molecule has 1 unspecified atom stereocenters. The second-order valence-corrected chi connectivity index (χ2v) is 9.11. The van der Waals surface area contributed by atoms with Crippen LogP contribution in [-0.2, 0) is 16.0 Å². The summed E-state index contributed by atoms with van der Waals surface area (Å²) in [5.74, 6) is -1.32. The molecule has 0 radical (unpaired) electrons. The fourth-order valence-electron chi connectivity index (χ4n) is 4.95. The number of anilines is 1. The molecule has 0 spiro atoms. The largest absolute Gasteiger partial charge is 0.369 e. The lowest BCUT2D eigenvalue weighted by Gasteiger charge is -2.27. The predicted octanol–water partition coefficient (Wildman–Crippen LogP) is 3.06. The van der Waals surface area contributed by atoms with Gasteiger partial charge < -0.3 is 5.32 Å². The van der Waals surface area contributed by atoms with Gasteiger partial charge in [-0.2, -0.15) is 0 Å². The van der Waals surface area contributed by atoms with Crippen molar-refractivity contribution in [2.24, 2.45) is 0 Å². The first-order valence-electron chi connectivity index (χ1n) is 12.1. The fourth-order valence-corrected chi connectivity index (χ4v) is 4.95. The summed E-state index contributed by atoms with van der Waals surface area (Å²) in [7, 11) is 0. The molecule has 6 rings (SSSR count). The summed E-state index contributed by atoms with van der Waals surface area (Å²) < 4.78 is 1.95. The lowest BCUT2D eigenvalue weighted by molar-refractivity contribution is -0.136. The summed E-state index contributed by atoms with van der Waals surface area (Å²) in [6.07, 6.45) is 2.93. The van der Waals surface area contributed by atoms with Crippen LogP contribution in [0, 0.1) is 0 Å². The maximum absolute atomic E-state index is 13.3. The van der Waals surface area contributed by atoms with Gasteiger partial charge in [0.2, 0.25) is 11.8 Å². The van der Waals surface area contributed by atoms with Crippen LogP contribution in [0.4, 0.5) is 5.82 Å². The van der Waals surface area contributed by atoms with Crippen LogP contribution in [-0.4, -0.2) is 50.5 Å². The molecule has 9 nitrogen and oxygen atoms in total. The number of nitrogens with one attached hydrogen (secondary N) is 2. The zero-order chi connectivity index (χ0) is 25.5. The molecule has 1 saturated heterocycles. The van der Waals surface area contributed by atoms with Crippen molar-refractivity contribution in [1.29, 1.82) is 0 Å². The number of fused-ring (bicyclic) bond motifs is 2. The third-order valence-corrected chi connectivity index (χ3v) is 6.79. The monoisotopic (exact) mass is 493 g/mol. The van der Waals surface area contributed by atoms with Crippen LogP contribution < -0.4 is 10.6 Å². The maximum atomic E-state index is 13.3. The van der Waals surface area contributed by atoms with Crippen molar-refractivity contribution >= 4 is 35.1 Å². The molecule has 2 aromatic carbocycles. The van der Waals surface area contributed by atoms with Crippen LogP contribution in [0.15, 0.2) is 72.9 Å². The number of hydrogen-bond donors (Lipinski definition) is 2. The van der Waals surface area contributed by atoms with E-state index >= 15 is 0 Å². The first-order chi connectivity index (χ1) is 18.0. The van der Waals surface area contributed by atoms with Gasteiger partial charge in [0.05, 0.1) is 11.1 Å². The molecule has 0 saturated carbocycles. The van der Waals surface area contributed by atoms with E-state index in [1.54, 1.807) is 18.2 Å². The number of hydrogen-bond acceptors (Lipinski definition) is 6. The number of imide groups is 2. The Kier molecular flexibility index (Phi) is 5.52. The second kappa shape index (κ2) is 9.02. The van der Waals surface area contributed by atoms with E-state index in [1.165, 1.54) is 5.56 Å². The lowest BCUT2D eigenvalue weighted by Crippen LogP contribution is -2.54. The van der Waals surface area contributed by atoms with Gasteiger partial charge >= 0.3 is 0 Å². The highest BCUT2D eigenvalue weighted by molar-refractivity contribution is 6.23. The number of benzene rings is 2. The summed E-state index contributed by atoms with van der Waals surface area (Å²) in [5, 5.41) is 5.71. The molecule has 4 heterocycles. The number of aromatic nitrogens is 2. The molecule has 1 atom stereocenters. The third kappa shape index (κ3) is 3.94. The van der Waals surface area contributed by atoms with Crippen LogP contribution >= 0.6 is 0 Å². The molecule has 1 fully saturated rings. The lowest BCUT2D eigenvalue weighted by atomic mass is 10.0. The molecule has 4 aromatic rings. The average Bonchev–Trinajstić information content (AvgIpc) is 3.40. The van der Waals surface area contributed by atoms with Gasteiger partial charge in [-0.3, -0.25) is 33.8 Å². The van der Waals surface area contributed by atoms with Crippen molar-refractivity contribution in [3.63, 3.8) is 0 Å². The number of amides is 4. The van der Waals surface area contributed by atoms with Gasteiger partial charge in [-0.1, -0.05) is 42.5 Å². The van der Waals surface area contributed by atoms with Crippen molar-refractivity contribution in [1.82, 2.24) is 19.6 Å². The van der Waals surface area contributed by atoms with Gasteiger partial charge in [0.15, 0.2) is 0 Å². The molecular weight excluding hydrogens is 470 g/mol. The second-order valence-electron chi connectivity index (χ2n) is 9.11. The summed E-state index contributed by atoms with van der Waals surface area (Å²) in [6, 6.07) is 19.9. The van der Waals surface area contributed by atoms with Gasteiger partial charge in [0.1, 0.15) is 23.2 Å². The zero-order valence-electron chi connectivity index (χ0n) is 19.8. The minimum absolute atomic E-state index is 0.0777. The van der Waals surface area contributed by atoms with E-state index in [0.717, 1.165) is 22.8 Å². The molecule has 4 amide bonds. The number of piperidine rings is 1. The number of nitrogens with zero attached hydrogens (tertiary/aromatic N) is 3. The molecule has 0 bridgehead atoms. The highest BCUT2D eigenvalue weighted by atomic mass is 16.2. The van der Waals surface area contributed by atoms with Crippen LogP contribution in [0.5, 0.6) is 0 Å². The molecule has 37 heavy (non-hydrogen) atoms. The highest BCUT2D eigenvalue weighted by Crippen LogP contribution is 2.34. The molecule has 2 aliphatic heterocycles. The van der Waals surface area contributed by atoms with E-state index in [9.17, 15) is 19.2 Å². The molecule has 2 N–H and O–H groups in total. The highest BCUT2D eigenvalue weighted by Gasteiger charge is 2.44. The van der Waals surface area contributed by atoms with Crippen molar-refractivity contribution in [2.75, 3.05) is 11.9 Å². The fraction of sp³-hybridized carbons (Fsp3) is 0.179. The van der Waals surface area contributed by atoms with Gasteiger partial charge in [-0.25, -0.2) is 4.98 Å². The third-order valence-electron chi connectivity index (χ3n) is 6.79. The Morgan fingerprint density at radius 3 is 2.51 bits per heavy atom. The van der Waals surface area contributed by atoms with Gasteiger partial charge in [-0.15, -0.1) is 0 Å². The SMILES string of the molecule is O=C1CCC(N2C(=O)c3ccc(-c4nc5ccccn5c4NCCc4ccccc4)cc3C2=O)C(=O)N1. The number of carbonyl (C=O) groups is 4. The van der Waals surface area contributed by atoms with Crippen molar-refractivity contribution in [3.05, 3.63) is 89.6 Å². The van der Waals surface area contributed by atoms with E-state index in [-0.39, 0.29) is 24.0 Å². The van der Waals surface area contributed by atoms with Crippen LogP contribution in [0.25, 0.3) is 16.9 Å². The summed E-state index contributed by atoms with van der Waals surface area (Å²) >= 11 is 0. The van der Waals surface area contributed by atoms with E-state index < -0.39 is 29.7 Å². The normalized spacial score (nSPS) is 17.3. The van der Waals surface area contributed by atoms with Gasteiger partial charge in [0, 0.05) is 24.7 Å². The summed E-state index contributed by atoms with van der Waals surface area (Å²) in [5.41, 5.74) is 3.74. The number of pyridine rings is 1. The van der Waals surface area contributed by atoms with Crippen molar-refractivity contribution in [3.8, 4) is 11.3 Å².